The van der Waals surface area contributed by atoms with E-state index >= 15 is 0 Å². The van der Waals surface area contributed by atoms with Crippen molar-refractivity contribution in [2.45, 2.75) is 37.3 Å². The number of benzene rings is 1. The second kappa shape index (κ2) is 9.80. The molecule has 1 heterocycles. The first kappa shape index (κ1) is 24.5. The largest absolute Gasteiger partial charge is 0.366 e. The third-order valence-corrected chi connectivity index (χ3v) is 7.60. The van der Waals surface area contributed by atoms with Crippen LogP contribution in [0.15, 0.2) is 28.1 Å². The molecule has 1 aliphatic rings. The summed E-state index contributed by atoms with van der Waals surface area (Å²) in [4.78, 5) is 6.43. The van der Waals surface area contributed by atoms with Crippen LogP contribution in [0.4, 0.5) is 0 Å². The van der Waals surface area contributed by atoms with Gasteiger partial charge in [-0.25, -0.2) is 12.7 Å². The molecule has 0 saturated carbocycles. The van der Waals surface area contributed by atoms with Gasteiger partial charge in [-0.2, -0.15) is 0 Å². The van der Waals surface area contributed by atoms with Crippen molar-refractivity contribution >= 4 is 51.0 Å². The van der Waals surface area contributed by atoms with Crippen LogP contribution < -0.4 is 0 Å². The molecule has 0 bridgehead atoms. The maximum Gasteiger partial charge on any atom is 0.244 e. The predicted octanol–water partition coefficient (Wildman–Crippen LogP) is 3.38. The van der Waals surface area contributed by atoms with Gasteiger partial charge >= 0.3 is 0 Å². The van der Waals surface area contributed by atoms with Gasteiger partial charge in [-0.05, 0) is 25.0 Å². The Morgan fingerprint density at radius 1 is 1.33 bits per heavy atom. The highest BCUT2D eigenvalue weighted by Crippen LogP contribution is 2.40. The Morgan fingerprint density at radius 3 is 2.56 bits per heavy atom. The smallest absolute Gasteiger partial charge is 0.244 e. The van der Waals surface area contributed by atoms with Crippen LogP contribution in [0.1, 0.15) is 32.3 Å². The van der Waals surface area contributed by atoms with E-state index in [-0.39, 0.29) is 22.3 Å². The molecule has 6 nitrogen and oxygen atoms in total. The Bertz CT molecular complexity index is 788. The fourth-order valence-electron chi connectivity index (χ4n) is 2.71. The van der Waals surface area contributed by atoms with E-state index in [9.17, 15) is 13.5 Å². The lowest BCUT2D eigenvalue weighted by Crippen LogP contribution is -2.45. The van der Waals surface area contributed by atoms with E-state index in [1.807, 2.05) is 11.8 Å². The molecule has 1 fully saturated rings. The van der Waals surface area contributed by atoms with Gasteiger partial charge in [0.05, 0.1) is 10.8 Å². The summed E-state index contributed by atoms with van der Waals surface area (Å²) in [6.07, 6.45) is 1.76. The number of hydrogen-bond donors (Lipinski definition) is 1. The van der Waals surface area contributed by atoms with E-state index in [1.54, 1.807) is 6.07 Å². The number of sulfonamides is 1. The lowest BCUT2D eigenvalue weighted by molar-refractivity contribution is -0.0479. The fraction of sp³-hybridized carbons (Fsp3) is 0.588. The molecule has 1 N–H and O–H groups in total. The molecule has 1 aliphatic heterocycles. The van der Waals surface area contributed by atoms with Crippen molar-refractivity contribution in [1.82, 2.24) is 9.21 Å². The zero-order chi connectivity index (χ0) is 19.5. The highest BCUT2D eigenvalue weighted by atomic mass is 35.5. The molecule has 0 aromatic heterocycles. The van der Waals surface area contributed by atoms with Crippen molar-refractivity contribution in [3.05, 3.63) is 28.8 Å². The highest BCUT2D eigenvalue weighted by Gasteiger charge is 2.44. The Labute approximate surface area is 177 Å². The molecular formula is C17H27Cl2N3O3S2. The third-order valence-electron chi connectivity index (χ3n) is 4.15. The molecule has 1 atom stereocenters. The van der Waals surface area contributed by atoms with Gasteiger partial charge in [0.1, 0.15) is 4.90 Å². The summed E-state index contributed by atoms with van der Waals surface area (Å²) in [5, 5.41) is 12.3. The molecule has 2 rings (SSSR count). The summed E-state index contributed by atoms with van der Waals surface area (Å²) in [6, 6.07) is 4.69. The normalized spacial score (nSPS) is 21.7. The first-order valence-electron chi connectivity index (χ1n) is 8.58. The number of amidine groups is 1. The zero-order valence-electron chi connectivity index (χ0n) is 16.0. The lowest BCUT2D eigenvalue weighted by Gasteiger charge is -2.34. The van der Waals surface area contributed by atoms with Crippen LogP contribution in [-0.2, 0) is 15.7 Å². The topological polar surface area (TPSA) is 73.2 Å². The SMILES string of the molecule is CCCN=C1SCC(O)(c2ccc(Cl)c(S(=O)(=O)N(C)C)c2)N1CCC.Cl. The summed E-state index contributed by atoms with van der Waals surface area (Å²) < 4.78 is 26.2. The Morgan fingerprint density at radius 2 is 2.00 bits per heavy atom. The molecule has 154 valence electrons. The van der Waals surface area contributed by atoms with Crippen LogP contribution in [0.25, 0.3) is 0 Å². The van der Waals surface area contributed by atoms with Crippen molar-refractivity contribution in [2.75, 3.05) is 32.9 Å². The van der Waals surface area contributed by atoms with E-state index < -0.39 is 15.7 Å². The Balaban J connectivity index is 0.00000364. The van der Waals surface area contributed by atoms with Crippen LogP contribution in [0.5, 0.6) is 0 Å². The summed E-state index contributed by atoms with van der Waals surface area (Å²) in [7, 11) is -0.798. The summed E-state index contributed by atoms with van der Waals surface area (Å²) >= 11 is 7.63. The van der Waals surface area contributed by atoms with Crippen LogP contribution in [-0.4, -0.2) is 60.8 Å². The standard InChI is InChI=1S/C17H26ClN3O3S2.ClH/c1-5-9-19-16-21(10-6-2)17(22,12-25-16)13-7-8-14(18)15(11-13)26(23,24)20(3)4;/h7-8,11,22H,5-6,9-10,12H2,1-4H3;1H. The Kier molecular flexibility index (Phi) is 8.91. The number of halogens is 2. The van der Waals surface area contributed by atoms with Crippen LogP contribution in [0.3, 0.4) is 0 Å². The van der Waals surface area contributed by atoms with Crippen molar-refractivity contribution in [3.63, 3.8) is 0 Å². The molecule has 1 saturated heterocycles. The molecule has 1 unspecified atom stereocenters. The number of rotatable bonds is 7. The van der Waals surface area contributed by atoms with Gasteiger partial charge in [0.25, 0.3) is 0 Å². The zero-order valence-corrected chi connectivity index (χ0v) is 19.2. The van der Waals surface area contributed by atoms with E-state index in [0.29, 0.717) is 24.4 Å². The average molecular weight is 456 g/mol. The van der Waals surface area contributed by atoms with Crippen LogP contribution >= 0.6 is 35.8 Å². The second-order valence-electron chi connectivity index (χ2n) is 6.35. The maximum atomic E-state index is 12.6. The minimum atomic E-state index is -3.71. The summed E-state index contributed by atoms with van der Waals surface area (Å²) in [6.45, 7) is 5.41. The molecule has 1 aromatic carbocycles. The highest BCUT2D eigenvalue weighted by molar-refractivity contribution is 8.14. The van der Waals surface area contributed by atoms with Gasteiger partial charge in [0.2, 0.25) is 10.0 Å². The molecule has 10 heteroatoms. The van der Waals surface area contributed by atoms with E-state index in [0.717, 1.165) is 22.3 Å². The number of nitrogens with zero attached hydrogens (tertiary/aromatic N) is 3. The molecule has 0 amide bonds. The number of thioether (sulfide) groups is 1. The first-order chi connectivity index (χ1) is 12.2. The number of hydrogen-bond acceptors (Lipinski definition) is 5. The number of aliphatic hydroxyl groups is 1. The van der Waals surface area contributed by atoms with E-state index in [4.69, 9.17) is 11.6 Å². The minimum Gasteiger partial charge on any atom is -0.366 e. The van der Waals surface area contributed by atoms with Gasteiger partial charge in [-0.15, -0.1) is 12.4 Å². The summed E-state index contributed by atoms with van der Waals surface area (Å²) in [5.74, 6) is 0.388. The fourth-order valence-corrected chi connectivity index (χ4v) is 5.34. The molecular weight excluding hydrogens is 429 g/mol. The molecule has 0 spiro atoms. The molecule has 27 heavy (non-hydrogen) atoms. The van der Waals surface area contributed by atoms with E-state index in [1.165, 1.54) is 38.0 Å². The van der Waals surface area contributed by atoms with Gasteiger partial charge in [-0.3, -0.25) is 4.99 Å². The molecule has 0 aliphatic carbocycles. The van der Waals surface area contributed by atoms with Gasteiger partial charge in [0.15, 0.2) is 10.9 Å². The quantitative estimate of drug-likeness (QED) is 0.681. The number of aliphatic imine (C=N–C) groups is 1. The monoisotopic (exact) mass is 455 g/mol. The van der Waals surface area contributed by atoms with Crippen molar-refractivity contribution < 1.29 is 13.5 Å². The van der Waals surface area contributed by atoms with Gasteiger partial charge < -0.3 is 10.0 Å². The van der Waals surface area contributed by atoms with Crippen LogP contribution in [0.2, 0.25) is 5.02 Å². The van der Waals surface area contributed by atoms with Crippen molar-refractivity contribution in [3.8, 4) is 0 Å². The third kappa shape index (κ3) is 4.92. The average Bonchev–Trinajstić information content (AvgIpc) is 2.91. The Hall–Kier alpha value is -0.510. The van der Waals surface area contributed by atoms with Gasteiger partial charge in [-0.1, -0.05) is 43.3 Å². The maximum absolute atomic E-state index is 12.6. The molecule has 1 aromatic rings. The lowest BCUT2D eigenvalue weighted by atomic mass is 10.0. The van der Waals surface area contributed by atoms with E-state index in [2.05, 4.69) is 11.9 Å². The van der Waals surface area contributed by atoms with Crippen molar-refractivity contribution in [1.29, 1.82) is 0 Å². The first-order valence-corrected chi connectivity index (χ1v) is 11.4. The predicted molar refractivity (Wildman–Crippen MR) is 116 cm³/mol. The van der Waals surface area contributed by atoms with Gasteiger partial charge in [0, 0.05) is 32.7 Å². The van der Waals surface area contributed by atoms with Crippen molar-refractivity contribution in [2.24, 2.45) is 4.99 Å². The van der Waals surface area contributed by atoms with Crippen LogP contribution in [0, 0.1) is 0 Å². The second-order valence-corrected chi connectivity index (χ2v) is 9.82. The molecule has 0 radical (unpaired) electrons. The summed E-state index contributed by atoms with van der Waals surface area (Å²) in [5.41, 5.74) is -0.806. The minimum absolute atomic E-state index is 0.